The SMILES string of the molecule is CCCN(CCOc1ccccc1F)Cc1nnc(-c2ccccc2Cl)o1. The van der Waals surface area contributed by atoms with E-state index in [1.807, 2.05) is 18.2 Å². The third kappa shape index (κ3) is 5.28. The van der Waals surface area contributed by atoms with Gasteiger partial charge < -0.3 is 9.15 Å². The molecule has 3 aromatic rings. The smallest absolute Gasteiger partial charge is 0.249 e. The summed E-state index contributed by atoms with van der Waals surface area (Å²) in [7, 11) is 0. The number of hydrogen-bond donors (Lipinski definition) is 0. The van der Waals surface area contributed by atoms with Gasteiger partial charge in [-0.3, -0.25) is 4.90 Å². The second-order valence-electron chi connectivity index (χ2n) is 6.04. The molecule has 3 rings (SSSR count). The van der Waals surface area contributed by atoms with Crippen molar-refractivity contribution < 1.29 is 13.5 Å². The lowest BCUT2D eigenvalue weighted by Crippen LogP contribution is -2.29. The minimum absolute atomic E-state index is 0.257. The summed E-state index contributed by atoms with van der Waals surface area (Å²) in [6.45, 7) is 4.41. The highest BCUT2D eigenvalue weighted by Gasteiger charge is 2.14. The fraction of sp³-hybridized carbons (Fsp3) is 0.300. The number of para-hydroxylation sites is 1. The van der Waals surface area contributed by atoms with Gasteiger partial charge in [0.2, 0.25) is 11.8 Å². The van der Waals surface area contributed by atoms with Gasteiger partial charge in [0.1, 0.15) is 6.61 Å². The van der Waals surface area contributed by atoms with Gasteiger partial charge in [-0.15, -0.1) is 10.2 Å². The molecule has 0 radical (unpaired) electrons. The van der Waals surface area contributed by atoms with Crippen LogP contribution in [0, 0.1) is 5.82 Å². The van der Waals surface area contributed by atoms with Crippen molar-refractivity contribution in [2.45, 2.75) is 19.9 Å². The lowest BCUT2D eigenvalue weighted by atomic mass is 10.2. The Morgan fingerprint density at radius 1 is 1.07 bits per heavy atom. The fourth-order valence-corrected chi connectivity index (χ4v) is 2.90. The molecule has 0 spiro atoms. The van der Waals surface area contributed by atoms with Gasteiger partial charge in [-0.25, -0.2) is 4.39 Å². The Morgan fingerprint density at radius 3 is 2.63 bits per heavy atom. The third-order valence-corrected chi connectivity index (χ3v) is 4.30. The van der Waals surface area contributed by atoms with Crippen LogP contribution in [-0.2, 0) is 6.54 Å². The molecular formula is C20H21ClFN3O2. The quantitative estimate of drug-likeness (QED) is 0.525. The predicted molar refractivity (Wildman–Crippen MR) is 102 cm³/mol. The third-order valence-electron chi connectivity index (χ3n) is 3.97. The Hall–Kier alpha value is -2.44. The Morgan fingerprint density at radius 2 is 1.85 bits per heavy atom. The van der Waals surface area contributed by atoms with Gasteiger partial charge >= 0.3 is 0 Å². The molecule has 0 saturated carbocycles. The van der Waals surface area contributed by atoms with E-state index in [9.17, 15) is 4.39 Å². The molecule has 1 heterocycles. The highest BCUT2D eigenvalue weighted by Crippen LogP contribution is 2.26. The Balaban J connectivity index is 1.59. The summed E-state index contributed by atoms with van der Waals surface area (Å²) in [5.74, 6) is 0.799. The molecule has 0 amide bonds. The van der Waals surface area contributed by atoms with Crippen LogP contribution in [0.5, 0.6) is 5.75 Å². The maximum atomic E-state index is 13.6. The molecule has 0 N–H and O–H groups in total. The van der Waals surface area contributed by atoms with E-state index in [0.717, 1.165) is 13.0 Å². The van der Waals surface area contributed by atoms with E-state index in [0.29, 0.717) is 42.1 Å². The van der Waals surface area contributed by atoms with Crippen LogP contribution < -0.4 is 4.74 Å². The van der Waals surface area contributed by atoms with Crippen LogP contribution >= 0.6 is 11.6 Å². The summed E-state index contributed by atoms with van der Waals surface area (Å²) >= 11 is 6.18. The van der Waals surface area contributed by atoms with Crippen molar-refractivity contribution in [3.63, 3.8) is 0 Å². The Kier molecular flexibility index (Phi) is 6.79. The first-order valence-electron chi connectivity index (χ1n) is 8.84. The number of nitrogens with zero attached hydrogens (tertiary/aromatic N) is 3. The van der Waals surface area contributed by atoms with Crippen LogP contribution in [-0.4, -0.2) is 34.8 Å². The first-order valence-corrected chi connectivity index (χ1v) is 9.22. The molecular weight excluding hydrogens is 369 g/mol. The molecule has 142 valence electrons. The second-order valence-corrected chi connectivity index (χ2v) is 6.44. The van der Waals surface area contributed by atoms with Crippen molar-refractivity contribution in [2.24, 2.45) is 0 Å². The molecule has 0 fully saturated rings. The fourth-order valence-electron chi connectivity index (χ4n) is 2.68. The topological polar surface area (TPSA) is 51.4 Å². The number of aromatic nitrogens is 2. The molecule has 5 nitrogen and oxygen atoms in total. The Bertz CT molecular complexity index is 872. The van der Waals surface area contributed by atoms with Gasteiger partial charge in [0.05, 0.1) is 17.1 Å². The van der Waals surface area contributed by atoms with E-state index in [-0.39, 0.29) is 11.6 Å². The second kappa shape index (κ2) is 9.48. The Labute approximate surface area is 162 Å². The number of ether oxygens (including phenoxy) is 1. The zero-order valence-corrected chi connectivity index (χ0v) is 15.8. The van der Waals surface area contributed by atoms with E-state index < -0.39 is 0 Å². The highest BCUT2D eigenvalue weighted by molar-refractivity contribution is 6.33. The van der Waals surface area contributed by atoms with Gasteiger partial charge in [0, 0.05) is 6.54 Å². The molecule has 2 aromatic carbocycles. The van der Waals surface area contributed by atoms with E-state index in [2.05, 4.69) is 22.0 Å². The number of rotatable bonds is 9. The molecule has 1 aromatic heterocycles. The van der Waals surface area contributed by atoms with Crippen molar-refractivity contribution in [1.82, 2.24) is 15.1 Å². The lowest BCUT2D eigenvalue weighted by Gasteiger charge is -2.19. The predicted octanol–water partition coefficient (Wildman–Crippen LogP) is 4.82. The first kappa shape index (κ1) is 19.3. The first-order chi connectivity index (χ1) is 13.2. The zero-order chi connectivity index (χ0) is 19.1. The van der Waals surface area contributed by atoms with E-state index in [1.54, 1.807) is 24.3 Å². The normalized spacial score (nSPS) is 11.1. The number of hydrogen-bond acceptors (Lipinski definition) is 5. The van der Waals surface area contributed by atoms with Crippen LogP contribution in [0.2, 0.25) is 5.02 Å². The average molecular weight is 390 g/mol. The van der Waals surface area contributed by atoms with Crippen LogP contribution in [0.25, 0.3) is 11.5 Å². The van der Waals surface area contributed by atoms with Crippen molar-refractivity contribution in [1.29, 1.82) is 0 Å². The molecule has 0 unspecified atom stereocenters. The van der Waals surface area contributed by atoms with Crippen molar-refractivity contribution >= 4 is 11.6 Å². The zero-order valence-electron chi connectivity index (χ0n) is 15.1. The minimum atomic E-state index is -0.360. The van der Waals surface area contributed by atoms with Crippen LogP contribution in [0.3, 0.4) is 0 Å². The molecule has 0 aliphatic rings. The van der Waals surface area contributed by atoms with Gasteiger partial charge in [0.15, 0.2) is 11.6 Å². The summed E-state index contributed by atoms with van der Waals surface area (Å²) in [5.41, 5.74) is 0.711. The number of benzene rings is 2. The van der Waals surface area contributed by atoms with Crippen LogP contribution in [0.15, 0.2) is 52.9 Å². The molecule has 0 bridgehead atoms. The maximum absolute atomic E-state index is 13.6. The van der Waals surface area contributed by atoms with Gasteiger partial charge in [-0.05, 0) is 37.2 Å². The maximum Gasteiger partial charge on any atom is 0.249 e. The molecule has 7 heteroatoms. The molecule has 0 atom stereocenters. The molecule has 0 aliphatic heterocycles. The van der Waals surface area contributed by atoms with Crippen molar-refractivity contribution in [2.75, 3.05) is 19.7 Å². The average Bonchev–Trinajstić information content (AvgIpc) is 3.12. The van der Waals surface area contributed by atoms with E-state index in [4.69, 9.17) is 20.8 Å². The summed E-state index contributed by atoms with van der Waals surface area (Å²) < 4.78 is 24.9. The minimum Gasteiger partial charge on any atom is -0.489 e. The van der Waals surface area contributed by atoms with Gasteiger partial charge in [0.25, 0.3) is 0 Å². The summed E-state index contributed by atoms with van der Waals surface area (Å²) in [4.78, 5) is 2.13. The number of halogens is 2. The van der Waals surface area contributed by atoms with Crippen molar-refractivity contribution in [3.8, 4) is 17.2 Å². The lowest BCUT2D eigenvalue weighted by molar-refractivity contribution is 0.186. The summed E-state index contributed by atoms with van der Waals surface area (Å²) in [5, 5.41) is 8.78. The van der Waals surface area contributed by atoms with E-state index in [1.165, 1.54) is 6.07 Å². The van der Waals surface area contributed by atoms with Gasteiger partial charge in [-0.2, -0.15) is 0 Å². The molecule has 27 heavy (non-hydrogen) atoms. The molecule has 0 aliphatic carbocycles. The monoisotopic (exact) mass is 389 g/mol. The van der Waals surface area contributed by atoms with E-state index >= 15 is 0 Å². The van der Waals surface area contributed by atoms with Gasteiger partial charge in [-0.1, -0.05) is 42.8 Å². The standard InChI is InChI=1S/C20H21ClFN3O2/c1-2-11-25(12-13-26-18-10-6-5-9-17(18)22)14-19-23-24-20(27-19)15-7-3-4-8-16(15)21/h3-10H,2,11-14H2,1H3. The molecule has 0 saturated heterocycles. The van der Waals surface area contributed by atoms with Crippen LogP contribution in [0.4, 0.5) is 4.39 Å². The summed E-state index contributed by atoms with van der Waals surface area (Å²) in [6, 6.07) is 13.7. The van der Waals surface area contributed by atoms with Crippen LogP contribution in [0.1, 0.15) is 19.2 Å². The largest absolute Gasteiger partial charge is 0.489 e. The summed E-state index contributed by atoms with van der Waals surface area (Å²) in [6.07, 6.45) is 0.963. The highest BCUT2D eigenvalue weighted by atomic mass is 35.5. The van der Waals surface area contributed by atoms with Crippen molar-refractivity contribution in [3.05, 3.63) is 65.3 Å².